The van der Waals surface area contributed by atoms with Crippen LogP contribution in [0.1, 0.15) is 0 Å². The molecule has 0 aromatic rings. The van der Waals surface area contributed by atoms with Crippen LogP contribution in [0.4, 0.5) is 0 Å². The van der Waals surface area contributed by atoms with E-state index in [-0.39, 0.29) is 174 Å². The van der Waals surface area contributed by atoms with Crippen molar-refractivity contribution in [3.63, 3.8) is 0 Å². The smallest absolute Gasteiger partial charge is 1.00 e. The van der Waals surface area contributed by atoms with E-state index in [2.05, 4.69) is 0 Å². The van der Waals surface area contributed by atoms with Gasteiger partial charge in [-0.05, 0) is 0 Å². The van der Waals surface area contributed by atoms with Crippen molar-refractivity contribution in [2.45, 2.75) is 0 Å². The zero-order valence-corrected chi connectivity index (χ0v) is 14.3. The minimum atomic E-state index is 0. The van der Waals surface area contributed by atoms with Crippen LogP contribution < -0.4 is 154 Å². The van der Waals surface area contributed by atoms with E-state index in [1.807, 2.05) is 0 Å². The Hall–Kier alpha value is 5.53. The van der Waals surface area contributed by atoms with Crippen LogP contribution in [0.15, 0.2) is 0 Å². The average Bonchev–Trinajstić information content (AvgIpc) is 0. The molecule has 0 saturated carbocycles. The Kier molecular flexibility index (Phi) is 89.7. The monoisotopic (exact) mass is 220 g/mol. The summed E-state index contributed by atoms with van der Waals surface area (Å²) >= 11 is 0. The summed E-state index contributed by atoms with van der Waals surface area (Å²) in [6.07, 6.45) is 0. The van der Waals surface area contributed by atoms with Gasteiger partial charge in [0.25, 0.3) is 0 Å². The molecule has 0 nitrogen and oxygen atoms in total. The Morgan fingerprint density at radius 1 is 0.500 bits per heavy atom. The molecule has 0 aliphatic rings. The van der Waals surface area contributed by atoms with Crippen LogP contribution in [0, 0.1) is 0 Å². The first-order valence-corrected chi connectivity index (χ1v) is 0. The van der Waals surface area contributed by atoms with Gasteiger partial charge in [0.15, 0.2) is 0 Å². The standard InChI is InChI=1S/3K.Rh/q3*+1;+2. The van der Waals surface area contributed by atoms with E-state index < -0.39 is 0 Å². The number of hydrogen-bond donors (Lipinski definition) is 0. The maximum atomic E-state index is 0. The molecule has 0 heterocycles. The van der Waals surface area contributed by atoms with Crippen molar-refractivity contribution in [3.8, 4) is 0 Å². The molecule has 0 rings (SSSR count). The molecule has 4 heteroatoms. The summed E-state index contributed by atoms with van der Waals surface area (Å²) in [5.74, 6) is 0. The van der Waals surface area contributed by atoms with Gasteiger partial charge in [-0.3, -0.25) is 0 Å². The predicted molar refractivity (Wildman–Crippen MR) is 0 cm³/mol. The molecule has 0 aliphatic carbocycles. The molecule has 0 saturated heterocycles. The minimum Gasteiger partial charge on any atom is 1.00 e. The van der Waals surface area contributed by atoms with Crippen LogP contribution in [0.2, 0.25) is 0 Å². The fraction of sp³-hybridized carbons (Fsp3) is 0. The van der Waals surface area contributed by atoms with Gasteiger partial charge >= 0.3 is 174 Å². The van der Waals surface area contributed by atoms with Crippen LogP contribution in [0.5, 0.6) is 0 Å². The topological polar surface area (TPSA) is 0 Å². The third-order valence-corrected chi connectivity index (χ3v) is 0. The van der Waals surface area contributed by atoms with E-state index >= 15 is 0 Å². The number of rotatable bonds is 0. The van der Waals surface area contributed by atoms with E-state index in [0.29, 0.717) is 0 Å². The van der Waals surface area contributed by atoms with Gasteiger partial charge in [0, 0.05) is 0 Å². The van der Waals surface area contributed by atoms with Gasteiger partial charge in [-0.25, -0.2) is 0 Å². The van der Waals surface area contributed by atoms with E-state index in [9.17, 15) is 0 Å². The van der Waals surface area contributed by atoms with E-state index in [1.54, 1.807) is 0 Å². The van der Waals surface area contributed by atoms with Crippen LogP contribution >= 0.6 is 0 Å². The molecular formula is K3Rh+5. The van der Waals surface area contributed by atoms with Gasteiger partial charge in [0.2, 0.25) is 0 Å². The third kappa shape index (κ3) is 10.5. The summed E-state index contributed by atoms with van der Waals surface area (Å²) in [5.41, 5.74) is 0. The maximum Gasteiger partial charge on any atom is 2.00 e. The Morgan fingerprint density at radius 2 is 0.500 bits per heavy atom. The average molecular weight is 220 g/mol. The van der Waals surface area contributed by atoms with Crippen molar-refractivity contribution >= 4 is 0 Å². The molecule has 0 bridgehead atoms. The SMILES string of the molecule is [K+].[K+].[K+].[Rh+2]. The Balaban J connectivity index is 0. The molecule has 0 fully saturated rings. The van der Waals surface area contributed by atoms with Crippen molar-refractivity contribution in [3.05, 3.63) is 0 Å². The van der Waals surface area contributed by atoms with Gasteiger partial charge in [-0.2, -0.15) is 0 Å². The molecule has 0 unspecified atom stereocenters. The second-order valence-electron chi connectivity index (χ2n) is 0. The second-order valence-corrected chi connectivity index (χ2v) is 0. The van der Waals surface area contributed by atoms with Gasteiger partial charge in [0.05, 0.1) is 0 Å². The molecule has 1 radical (unpaired) electrons. The molecule has 7 valence electrons. The minimum absolute atomic E-state index is 0. The van der Waals surface area contributed by atoms with Crippen molar-refractivity contribution in [2.24, 2.45) is 0 Å². The first-order chi connectivity index (χ1) is 0. The second kappa shape index (κ2) is 15.8. The fourth-order valence-electron chi connectivity index (χ4n) is 0. The maximum absolute atomic E-state index is 0. The first kappa shape index (κ1) is 22.7. The molecule has 0 atom stereocenters. The summed E-state index contributed by atoms with van der Waals surface area (Å²) < 4.78 is 0. The summed E-state index contributed by atoms with van der Waals surface area (Å²) in [7, 11) is 0. The number of hydrogen-bond acceptors (Lipinski definition) is 0. The predicted octanol–water partition coefficient (Wildman–Crippen LogP) is -8.99. The largest absolute Gasteiger partial charge is 2.00 e. The van der Waals surface area contributed by atoms with Gasteiger partial charge in [0.1, 0.15) is 0 Å². The molecule has 4 heavy (non-hydrogen) atoms. The quantitative estimate of drug-likeness (QED) is 0.356. The van der Waals surface area contributed by atoms with Crippen LogP contribution in [-0.2, 0) is 19.5 Å². The van der Waals surface area contributed by atoms with Crippen LogP contribution in [0.25, 0.3) is 0 Å². The normalized spacial score (nSPS) is 0. The van der Waals surface area contributed by atoms with Crippen molar-refractivity contribution < 1.29 is 174 Å². The van der Waals surface area contributed by atoms with Crippen molar-refractivity contribution in [1.29, 1.82) is 0 Å². The molecule has 0 N–H and O–H groups in total. The Bertz CT molecular complexity index is 3.25. The van der Waals surface area contributed by atoms with Crippen molar-refractivity contribution in [2.75, 3.05) is 0 Å². The molecule has 0 aliphatic heterocycles. The molecule has 0 amide bonds. The van der Waals surface area contributed by atoms with Gasteiger partial charge in [-0.1, -0.05) is 0 Å². The molecular weight excluding hydrogens is 220 g/mol. The molecule has 0 aromatic carbocycles. The first-order valence-electron chi connectivity index (χ1n) is 0. The Labute approximate surface area is 167 Å². The van der Waals surface area contributed by atoms with Gasteiger partial charge < -0.3 is 0 Å². The molecule has 0 spiro atoms. The van der Waals surface area contributed by atoms with E-state index in [4.69, 9.17) is 0 Å². The van der Waals surface area contributed by atoms with Crippen LogP contribution in [-0.4, -0.2) is 0 Å². The summed E-state index contributed by atoms with van der Waals surface area (Å²) in [6.45, 7) is 0. The summed E-state index contributed by atoms with van der Waals surface area (Å²) in [4.78, 5) is 0. The van der Waals surface area contributed by atoms with Crippen LogP contribution in [0.3, 0.4) is 0 Å². The zero-order chi connectivity index (χ0) is 0. The van der Waals surface area contributed by atoms with Gasteiger partial charge in [-0.15, -0.1) is 0 Å². The van der Waals surface area contributed by atoms with Crippen molar-refractivity contribution in [1.82, 2.24) is 0 Å². The fourth-order valence-corrected chi connectivity index (χ4v) is 0. The Morgan fingerprint density at radius 3 is 0.500 bits per heavy atom. The summed E-state index contributed by atoms with van der Waals surface area (Å²) in [6, 6.07) is 0. The third-order valence-electron chi connectivity index (χ3n) is 0. The summed E-state index contributed by atoms with van der Waals surface area (Å²) in [5, 5.41) is 0. The van der Waals surface area contributed by atoms with E-state index in [1.165, 1.54) is 0 Å². The van der Waals surface area contributed by atoms with E-state index in [0.717, 1.165) is 0 Å². The zero-order valence-electron chi connectivity index (χ0n) is 3.33. The molecule has 0 aromatic heterocycles.